The van der Waals surface area contributed by atoms with E-state index >= 15 is 0 Å². The average molecular weight is 411 g/mol. The summed E-state index contributed by atoms with van der Waals surface area (Å²) in [7, 11) is 0. The van der Waals surface area contributed by atoms with E-state index in [0.717, 1.165) is 28.7 Å². The van der Waals surface area contributed by atoms with Crippen LogP contribution in [0.4, 0.5) is 5.69 Å². The molecule has 5 rings (SSSR count). The third-order valence-corrected chi connectivity index (χ3v) is 6.81. The summed E-state index contributed by atoms with van der Waals surface area (Å²) < 4.78 is 0. The summed E-state index contributed by atoms with van der Waals surface area (Å²) in [6.07, 6.45) is 4.02. The standard InChI is InChI=1S/C22H26N4O2S/c1-14-21(16-8-11-26(14)12-9-16)25-22(28)17-3-5-19(6-4-17)29-20-13-18(7-10-23-20)24-15(2)27/h3-7,10,13-14,16,21H,8-9,11-12H2,1-2H3,(H,25,28)(H,23,24,27)/t14-,21-/m0/s1. The highest BCUT2D eigenvalue weighted by Gasteiger charge is 2.40. The SMILES string of the molecule is CC(=O)Nc1ccnc(Sc2ccc(C(=O)N[C@@H]3C4CCN(CC4)[C@H]3C)cc2)c1. The molecule has 6 nitrogen and oxygen atoms in total. The maximum absolute atomic E-state index is 12.8. The van der Waals surface area contributed by atoms with Crippen molar-refractivity contribution in [1.29, 1.82) is 0 Å². The number of nitrogens with one attached hydrogen (secondary N) is 2. The Morgan fingerprint density at radius 3 is 2.52 bits per heavy atom. The molecule has 2 N–H and O–H groups in total. The normalized spacial score (nSPS) is 25.4. The number of fused-ring (bicyclic) bond motifs is 3. The van der Waals surface area contributed by atoms with Gasteiger partial charge in [0.15, 0.2) is 0 Å². The van der Waals surface area contributed by atoms with E-state index < -0.39 is 0 Å². The molecule has 0 saturated carbocycles. The average Bonchev–Trinajstić information content (AvgIpc) is 2.71. The largest absolute Gasteiger partial charge is 0.347 e. The molecule has 152 valence electrons. The van der Waals surface area contributed by atoms with Crippen molar-refractivity contribution in [3.8, 4) is 0 Å². The topological polar surface area (TPSA) is 74.3 Å². The van der Waals surface area contributed by atoms with E-state index in [0.29, 0.717) is 17.5 Å². The number of benzene rings is 1. The third kappa shape index (κ3) is 4.62. The summed E-state index contributed by atoms with van der Waals surface area (Å²) in [6.45, 7) is 6.01. The summed E-state index contributed by atoms with van der Waals surface area (Å²) in [5.74, 6) is 0.480. The van der Waals surface area contributed by atoms with Crippen molar-refractivity contribution in [2.24, 2.45) is 5.92 Å². The lowest BCUT2D eigenvalue weighted by Crippen LogP contribution is -2.62. The van der Waals surface area contributed by atoms with Gasteiger partial charge in [-0.1, -0.05) is 11.8 Å². The Morgan fingerprint density at radius 2 is 1.86 bits per heavy atom. The molecule has 3 fully saturated rings. The summed E-state index contributed by atoms with van der Waals surface area (Å²) >= 11 is 1.49. The Kier molecular flexibility index (Phi) is 5.87. The quantitative estimate of drug-likeness (QED) is 0.790. The van der Waals surface area contributed by atoms with E-state index in [2.05, 4.69) is 27.4 Å². The number of piperidine rings is 3. The van der Waals surface area contributed by atoms with Gasteiger partial charge in [0.1, 0.15) is 5.03 Å². The molecule has 2 bridgehead atoms. The van der Waals surface area contributed by atoms with E-state index in [9.17, 15) is 9.59 Å². The van der Waals surface area contributed by atoms with Crippen LogP contribution in [-0.4, -0.2) is 46.9 Å². The van der Waals surface area contributed by atoms with Gasteiger partial charge in [-0.15, -0.1) is 0 Å². The van der Waals surface area contributed by atoms with Crippen LogP contribution in [0.1, 0.15) is 37.0 Å². The molecule has 2 aromatic rings. The van der Waals surface area contributed by atoms with Crippen LogP contribution in [0.3, 0.4) is 0 Å². The van der Waals surface area contributed by atoms with E-state index in [-0.39, 0.29) is 17.9 Å². The van der Waals surface area contributed by atoms with E-state index in [4.69, 9.17) is 0 Å². The lowest BCUT2D eigenvalue weighted by molar-refractivity contribution is -0.114. The molecule has 7 heteroatoms. The van der Waals surface area contributed by atoms with Crippen molar-refractivity contribution in [3.05, 3.63) is 48.2 Å². The number of carbonyl (C=O) groups excluding carboxylic acids is 2. The lowest BCUT2D eigenvalue weighted by Gasteiger charge is -2.49. The molecule has 4 heterocycles. The first-order valence-corrected chi connectivity index (χ1v) is 10.9. The Bertz CT molecular complexity index is 892. The van der Waals surface area contributed by atoms with Crippen LogP contribution in [0.15, 0.2) is 52.5 Å². The highest BCUT2D eigenvalue weighted by molar-refractivity contribution is 7.99. The van der Waals surface area contributed by atoms with Gasteiger partial charge in [0.2, 0.25) is 5.91 Å². The molecule has 0 aliphatic carbocycles. The molecule has 2 atom stereocenters. The van der Waals surface area contributed by atoms with Crippen molar-refractivity contribution >= 4 is 29.3 Å². The summed E-state index contributed by atoms with van der Waals surface area (Å²) in [5.41, 5.74) is 1.40. The van der Waals surface area contributed by atoms with Crippen molar-refractivity contribution < 1.29 is 9.59 Å². The van der Waals surface area contributed by atoms with Crippen LogP contribution in [0, 0.1) is 5.92 Å². The number of hydrogen-bond acceptors (Lipinski definition) is 5. The Morgan fingerprint density at radius 1 is 1.14 bits per heavy atom. The Labute approximate surface area is 175 Å². The zero-order chi connectivity index (χ0) is 20.4. The van der Waals surface area contributed by atoms with Crippen LogP contribution < -0.4 is 10.6 Å². The van der Waals surface area contributed by atoms with Gasteiger partial charge in [-0.05, 0) is 75.2 Å². The number of hydrogen-bond donors (Lipinski definition) is 2. The minimum atomic E-state index is -0.111. The molecule has 0 radical (unpaired) electrons. The van der Waals surface area contributed by atoms with Gasteiger partial charge in [0, 0.05) is 41.4 Å². The molecule has 1 aromatic carbocycles. The van der Waals surface area contributed by atoms with Crippen molar-refractivity contribution in [2.75, 3.05) is 18.4 Å². The van der Waals surface area contributed by atoms with Crippen LogP contribution in [0.2, 0.25) is 0 Å². The smallest absolute Gasteiger partial charge is 0.251 e. The fourth-order valence-electron chi connectivity index (χ4n) is 4.32. The highest BCUT2D eigenvalue weighted by atomic mass is 32.2. The second-order valence-electron chi connectivity index (χ2n) is 7.80. The fourth-order valence-corrected chi connectivity index (χ4v) is 5.13. The predicted molar refractivity (Wildman–Crippen MR) is 114 cm³/mol. The van der Waals surface area contributed by atoms with E-state index in [1.165, 1.54) is 31.5 Å². The molecule has 29 heavy (non-hydrogen) atoms. The number of aromatic nitrogens is 1. The van der Waals surface area contributed by atoms with Crippen molar-refractivity contribution in [3.63, 3.8) is 0 Å². The van der Waals surface area contributed by atoms with Crippen LogP contribution in [0.25, 0.3) is 0 Å². The molecular formula is C22H26N4O2S. The minimum absolute atomic E-state index is 0.00192. The molecule has 1 aromatic heterocycles. The lowest BCUT2D eigenvalue weighted by atomic mass is 9.79. The first-order valence-electron chi connectivity index (χ1n) is 10.1. The number of amides is 2. The zero-order valence-corrected chi connectivity index (χ0v) is 17.5. The van der Waals surface area contributed by atoms with Crippen LogP contribution in [0.5, 0.6) is 0 Å². The first kappa shape index (κ1) is 19.9. The van der Waals surface area contributed by atoms with Gasteiger partial charge in [0.25, 0.3) is 5.91 Å². The van der Waals surface area contributed by atoms with Crippen LogP contribution in [-0.2, 0) is 4.79 Å². The molecular weight excluding hydrogens is 384 g/mol. The third-order valence-electron chi connectivity index (χ3n) is 5.87. The molecule has 0 spiro atoms. The Balaban J connectivity index is 1.39. The van der Waals surface area contributed by atoms with Crippen molar-refractivity contribution in [2.45, 2.75) is 48.7 Å². The molecule has 0 unspecified atom stereocenters. The summed E-state index contributed by atoms with van der Waals surface area (Å²) in [6, 6.07) is 11.8. The van der Waals surface area contributed by atoms with E-state index in [1.807, 2.05) is 30.3 Å². The molecule has 3 aliphatic heterocycles. The number of nitrogens with zero attached hydrogens (tertiary/aromatic N) is 2. The van der Waals surface area contributed by atoms with Gasteiger partial charge >= 0.3 is 0 Å². The molecule has 3 saturated heterocycles. The number of rotatable bonds is 5. The maximum Gasteiger partial charge on any atom is 0.251 e. The highest BCUT2D eigenvalue weighted by Crippen LogP contribution is 2.32. The fraction of sp³-hybridized carbons (Fsp3) is 0.409. The van der Waals surface area contributed by atoms with Gasteiger partial charge in [-0.3, -0.25) is 14.5 Å². The van der Waals surface area contributed by atoms with E-state index in [1.54, 1.807) is 12.3 Å². The maximum atomic E-state index is 12.8. The number of carbonyl (C=O) groups is 2. The molecule has 3 aliphatic rings. The Hall–Kier alpha value is -2.38. The summed E-state index contributed by atoms with van der Waals surface area (Å²) in [4.78, 5) is 31.8. The van der Waals surface area contributed by atoms with Gasteiger partial charge in [-0.2, -0.15) is 0 Å². The second-order valence-corrected chi connectivity index (χ2v) is 8.90. The first-order chi connectivity index (χ1) is 14.0. The predicted octanol–water partition coefficient (Wildman–Crippen LogP) is 3.40. The van der Waals surface area contributed by atoms with Crippen molar-refractivity contribution in [1.82, 2.24) is 15.2 Å². The van der Waals surface area contributed by atoms with Gasteiger partial charge < -0.3 is 10.6 Å². The van der Waals surface area contributed by atoms with Crippen LogP contribution >= 0.6 is 11.8 Å². The zero-order valence-electron chi connectivity index (χ0n) is 16.7. The number of pyridine rings is 1. The number of anilines is 1. The molecule has 2 amide bonds. The van der Waals surface area contributed by atoms with Gasteiger partial charge in [-0.25, -0.2) is 4.98 Å². The monoisotopic (exact) mass is 410 g/mol. The summed E-state index contributed by atoms with van der Waals surface area (Å²) in [5, 5.41) is 6.82. The minimum Gasteiger partial charge on any atom is -0.347 e. The second kappa shape index (κ2) is 8.55. The van der Waals surface area contributed by atoms with Gasteiger partial charge in [0.05, 0.1) is 0 Å².